The van der Waals surface area contributed by atoms with Crippen molar-refractivity contribution in [1.82, 2.24) is 20.4 Å². The van der Waals surface area contributed by atoms with Crippen LogP contribution in [0.3, 0.4) is 0 Å². The number of nitrogens with zero attached hydrogens (tertiary/aromatic N) is 2. The predicted molar refractivity (Wildman–Crippen MR) is 108 cm³/mol. The minimum Gasteiger partial charge on any atom is -0.334 e. The highest BCUT2D eigenvalue weighted by molar-refractivity contribution is 6.24. The molecule has 1 aromatic rings. The number of rotatable bonds is 3. The quantitative estimate of drug-likeness (QED) is 0.726. The van der Waals surface area contributed by atoms with Crippen molar-refractivity contribution >= 4 is 29.7 Å². The van der Waals surface area contributed by atoms with Gasteiger partial charge < -0.3 is 10.2 Å². The Balaban J connectivity index is 0.00000256. The van der Waals surface area contributed by atoms with E-state index in [1.54, 1.807) is 17.0 Å². The van der Waals surface area contributed by atoms with Gasteiger partial charge in [-0.2, -0.15) is 0 Å². The first-order chi connectivity index (χ1) is 14.0. The van der Waals surface area contributed by atoms with Crippen LogP contribution >= 0.6 is 0 Å². The number of fused-ring (bicyclic) bond motifs is 1. The molecule has 1 atom stereocenters. The van der Waals surface area contributed by atoms with E-state index < -0.39 is 29.7 Å². The molecule has 2 saturated heterocycles. The van der Waals surface area contributed by atoms with Gasteiger partial charge in [-0.3, -0.25) is 29.4 Å². The number of likely N-dealkylation sites (tertiary alicyclic amines) is 1. The highest BCUT2D eigenvalue weighted by Gasteiger charge is 2.45. The highest BCUT2D eigenvalue weighted by Crippen LogP contribution is 2.30. The van der Waals surface area contributed by atoms with Crippen molar-refractivity contribution in [2.24, 2.45) is 0 Å². The number of hydrogen-bond acceptors (Lipinski definition) is 5. The molecule has 0 spiro atoms. The van der Waals surface area contributed by atoms with E-state index in [9.17, 15) is 24.0 Å². The summed E-state index contributed by atoms with van der Waals surface area (Å²) in [7, 11) is 0. The van der Waals surface area contributed by atoms with E-state index in [0.29, 0.717) is 18.7 Å². The van der Waals surface area contributed by atoms with Crippen molar-refractivity contribution in [1.29, 1.82) is 0 Å². The Bertz CT molecular complexity index is 907. The number of benzene rings is 1. The van der Waals surface area contributed by atoms with Gasteiger partial charge in [0.2, 0.25) is 11.8 Å². The lowest BCUT2D eigenvalue weighted by Crippen LogP contribution is -2.54. The molecule has 4 rings (SSSR count). The monoisotopic (exact) mass is 414 g/mol. The van der Waals surface area contributed by atoms with Gasteiger partial charge >= 0.3 is 6.03 Å². The van der Waals surface area contributed by atoms with Gasteiger partial charge in [0.1, 0.15) is 6.04 Å². The first kappa shape index (κ1) is 21.5. The van der Waals surface area contributed by atoms with Crippen LogP contribution in [0.25, 0.3) is 0 Å². The largest absolute Gasteiger partial charge is 0.334 e. The van der Waals surface area contributed by atoms with Crippen molar-refractivity contribution < 1.29 is 24.0 Å². The fourth-order valence-corrected chi connectivity index (χ4v) is 4.11. The fraction of sp³-hybridized carbons (Fsp3) is 0.476. The third kappa shape index (κ3) is 3.79. The molecule has 6 amide bonds. The summed E-state index contributed by atoms with van der Waals surface area (Å²) in [5.74, 6) is -2.18. The van der Waals surface area contributed by atoms with E-state index >= 15 is 0 Å². The van der Waals surface area contributed by atoms with Gasteiger partial charge in [-0.1, -0.05) is 19.6 Å². The molecule has 0 saturated carbocycles. The lowest BCUT2D eigenvalue weighted by atomic mass is 10.0. The summed E-state index contributed by atoms with van der Waals surface area (Å²) in [6.45, 7) is 1.53. The molecule has 3 aliphatic rings. The predicted octanol–water partition coefficient (Wildman–Crippen LogP) is 1.42. The van der Waals surface area contributed by atoms with Crippen LogP contribution in [0.2, 0.25) is 0 Å². The van der Waals surface area contributed by atoms with Gasteiger partial charge in [0.05, 0.1) is 11.1 Å². The second-order valence-electron chi connectivity index (χ2n) is 7.49. The maximum absolute atomic E-state index is 13.0. The van der Waals surface area contributed by atoms with Crippen LogP contribution < -0.4 is 10.6 Å². The lowest BCUT2D eigenvalue weighted by molar-refractivity contribution is -0.136. The van der Waals surface area contributed by atoms with Gasteiger partial charge in [-0.05, 0) is 37.3 Å². The van der Waals surface area contributed by atoms with Crippen molar-refractivity contribution in [3.8, 4) is 0 Å². The SMILES string of the molecule is C.O=C1CCC(N2C(=O)c3cccc(CNC(=O)N4CCCCC4)c3C2=O)C(=O)N1. The first-order valence-electron chi connectivity index (χ1n) is 9.83. The van der Waals surface area contributed by atoms with Gasteiger partial charge in [0, 0.05) is 26.1 Å². The molecule has 1 unspecified atom stereocenters. The molecule has 9 nitrogen and oxygen atoms in total. The molecule has 30 heavy (non-hydrogen) atoms. The summed E-state index contributed by atoms with van der Waals surface area (Å²) >= 11 is 0. The minimum absolute atomic E-state index is 0. The maximum atomic E-state index is 13.0. The highest BCUT2D eigenvalue weighted by atomic mass is 16.2. The van der Waals surface area contributed by atoms with E-state index in [1.807, 2.05) is 0 Å². The van der Waals surface area contributed by atoms with Gasteiger partial charge in [-0.15, -0.1) is 0 Å². The molecule has 3 aliphatic heterocycles. The number of amides is 6. The minimum atomic E-state index is -1.00. The molecular weight excluding hydrogens is 388 g/mol. The number of piperidine rings is 2. The molecular formula is C21H26N4O5. The molecule has 0 aromatic heterocycles. The number of hydrogen-bond donors (Lipinski definition) is 2. The number of carbonyl (C=O) groups excluding carboxylic acids is 5. The molecule has 0 bridgehead atoms. The average molecular weight is 414 g/mol. The number of carbonyl (C=O) groups is 5. The van der Waals surface area contributed by atoms with Crippen molar-refractivity contribution in [3.05, 3.63) is 34.9 Å². The molecule has 3 heterocycles. The molecule has 2 fully saturated rings. The van der Waals surface area contributed by atoms with Crippen LogP contribution in [-0.4, -0.2) is 58.6 Å². The molecule has 9 heteroatoms. The Hall–Kier alpha value is -3.23. The van der Waals surface area contributed by atoms with E-state index in [4.69, 9.17) is 0 Å². The molecule has 0 radical (unpaired) electrons. The van der Waals surface area contributed by atoms with Crippen LogP contribution in [0.4, 0.5) is 4.79 Å². The third-order valence-electron chi connectivity index (χ3n) is 5.63. The molecule has 1 aromatic carbocycles. The molecule has 2 N–H and O–H groups in total. The Morgan fingerprint density at radius 3 is 2.50 bits per heavy atom. The van der Waals surface area contributed by atoms with Crippen molar-refractivity contribution in [2.75, 3.05) is 13.1 Å². The van der Waals surface area contributed by atoms with E-state index in [1.165, 1.54) is 6.07 Å². The van der Waals surface area contributed by atoms with Crippen molar-refractivity contribution in [3.63, 3.8) is 0 Å². The zero-order chi connectivity index (χ0) is 20.5. The van der Waals surface area contributed by atoms with Crippen LogP contribution in [0.5, 0.6) is 0 Å². The molecule has 160 valence electrons. The standard InChI is InChI=1S/C20H22N4O5.CH4/c25-15-8-7-14(17(26)22-15)24-18(27)13-6-4-5-12(16(13)19(24)28)11-21-20(29)23-9-2-1-3-10-23;/h4-6,14H,1-3,7-11H2,(H,21,29)(H,22,25,26);1H4. The van der Waals surface area contributed by atoms with Crippen LogP contribution in [0.15, 0.2) is 18.2 Å². The fourth-order valence-electron chi connectivity index (χ4n) is 4.11. The van der Waals surface area contributed by atoms with Crippen LogP contribution in [0.1, 0.15) is 65.8 Å². The Labute approximate surface area is 174 Å². The lowest BCUT2D eigenvalue weighted by Gasteiger charge is -2.28. The Kier molecular flexibility index (Phi) is 6.19. The topological polar surface area (TPSA) is 116 Å². The van der Waals surface area contributed by atoms with Crippen LogP contribution in [-0.2, 0) is 16.1 Å². The summed E-state index contributed by atoms with van der Waals surface area (Å²) in [5, 5.41) is 5.00. The smallest absolute Gasteiger partial charge is 0.317 e. The second-order valence-corrected chi connectivity index (χ2v) is 7.49. The van der Waals surface area contributed by atoms with Gasteiger partial charge in [-0.25, -0.2) is 4.79 Å². The average Bonchev–Trinajstić information content (AvgIpc) is 2.98. The third-order valence-corrected chi connectivity index (χ3v) is 5.63. The zero-order valence-electron chi connectivity index (χ0n) is 15.9. The number of nitrogens with one attached hydrogen (secondary N) is 2. The second kappa shape index (κ2) is 8.64. The summed E-state index contributed by atoms with van der Waals surface area (Å²) in [6.07, 6.45) is 3.24. The Morgan fingerprint density at radius 2 is 1.80 bits per heavy atom. The maximum Gasteiger partial charge on any atom is 0.317 e. The normalized spacial score (nSPS) is 21.1. The van der Waals surface area contributed by atoms with E-state index in [-0.39, 0.29) is 44.0 Å². The summed E-state index contributed by atoms with van der Waals surface area (Å²) in [5.41, 5.74) is 0.951. The zero-order valence-corrected chi connectivity index (χ0v) is 15.9. The van der Waals surface area contributed by atoms with Crippen molar-refractivity contribution in [2.45, 2.75) is 52.1 Å². The summed E-state index contributed by atoms with van der Waals surface area (Å²) in [6, 6.07) is 3.68. The number of urea groups is 1. The number of imide groups is 2. The Morgan fingerprint density at radius 1 is 1.07 bits per heavy atom. The summed E-state index contributed by atoms with van der Waals surface area (Å²) in [4.78, 5) is 64.4. The van der Waals surface area contributed by atoms with Gasteiger partial charge in [0.15, 0.2) is 0 Å². The van der Waals surface area contributed by atoms with Crippen LogP contribution in [0, 0.1) is 0 Å². The molecule has 0 aliphatic carbocycles. The van der Waals surface area contributed by atoms with Gasteiger partial charge in [0.25, 0.3) is 11.8 Å². The summed E-state index contributed by atoms with van der Waals surface area (Å²) < 4.78 is 0. The van der Waals surface area contributed by atoms with E-state index in [2.05, 4.69) is 10.6 Å². The first-order valence-corrected chi connectivity index (χ1v) is 9.83. The van der Waals surface area contributed by atoms with E-state index in [0.717, 1.165) is 24.2 Å².